The number of piperidine rings is 1. The molecule has 5 heteroatoms. The molecule has 1 aliphatic heterocycles. The molecule has 0 spiro atoms. The van der Waals surface area contributed by atoms with E-state index in [0.29, 0.717) is 17.7 Å². The van der Waals surface area contributed by atoms with E-state index in [0.717, 1.165) is 37.0 Å². The predicted molar refractivity (Wildman–Crippen MR) is 70.5 cm³/mol. The summed E-state index contributed by atoms with van der Waals surface area (Å²) in [4.78, 5) is 14.5. The molecule has 2 heterocycles. The molecule has 1 amide bonds. The van der Waals surface area contributed by atoms with Crippen LogP contribution in [0.1, 0.15) is 49.5 Å². The number of fused-ring (bicyclic) bond motifs is 1. The minimum absolute atomic E-state index is 0.0907. The van der Waals surface area contributed by atoms with Gasteiger partial charge in [-0.1, -0.05) is 6.92 Å². The molecule has 3 atom stereocenters. The molecule has 0 aromatic carbocycles. The summed E-state index contributed by atoms with van der Waals surface area (Å²) in [6.45, 7) is 3.23. The van der Waals surface area contributed by atoms with Crippen LogP contribution < -0.4 is 0 Å². The Morgan fingerprint density at radius 2 is 2.33 bits per heavy atom. The number of carbonyl (C=O) groups excluding carboxylic acids is 1. The van der Waals surface area contributed by atoms with Gasteiger partial charge in [0.05, 0.1) is 17.9 Å². The number of amides is 1. The van der Waals surface area contributed by atoms with Gasteiger partial charge in [0.25, 0.3) is 5.91 Å². The molecule has 0 unspecified atom stereocenters. The zero-order valence-corrected chi connectivity index (χ0v) is 11.5. The van der Waals surface area contributed by atoms with Crippen molar-refractivity contribution in [3.8, 4) is 0 Å². The van der Waals surface area contributed by atoms with E-state index in [2.05, 4.69) is 20.6 Å². The molecule has 0 bridgehead atoms. The van der Waals surface area contributed by atoms with E-state index in [-0.39, 0.29) is 5.91 Å². The van der Waals surface area contributed by atoms with Crippen LogP contribution in [0.15, 0.2) is 6.20 Å². The molecule has 2 aliphatic rings. The summed E-state index contributed by atoms with van der Waals surface area (Å²) in [6, 6.07) is 0.448. The third kappa shape index (κ3) is 2.16. The van der Waals surface area contributed by atoms with Gasteiger partial charge >= 0.3 is 0 Å². The Hall–Kier alpha value is -0.970. The van der Waals surface area contributed by atoms with E-state index in [4.69, 9.17) is 0 Å². The molecule has 0 N–H and O–H groups in total. The third-order valence-electron chi connectivity index (χ3n) is 4.42. The van der Waals surface area contributed by atoms with Crippen molar-refractivity contribution in [2.45, 2.75) is 45.1 Å². The van der Waals surface area contributed by atoms with Crippen LogP contribution in [-0.4, -0.2) is 32.1 Å². The average molecular weight is 265 g/mol. The maximum Gasteiger partial charge on any atom is 0.275 e. The van der Waals surface area contributed by atoms with Gasteiger partial charge in [0.2, 0.25) is 0 Å². The molecule has 0 radical (unpaired) electrons. The molecule has 1 saturated heterocycles. The highest BCUT2D eigenvalue weighted by atomic mass is 32.1. The summed E-state index contributed by atoms with van der Waals surface area (Å²) >= 11 is 1.11. The first-order valence-electron chi connectivity index (χ1n) is 6.84. The number of carbonyl (C=O) groups is 1. The quantitative estimate of drug-likeness (QED) is 0.784. The number of aromatic nitrogens is 2. The number of rotatable bonds is 1. The topological polar surface area (TPSA) is 46.1 Å². The molecular weight excluding hydrogens is 246 g/mol. The van der Waals surface area contributed by atoms with Gasteiger partial charge in [-0.2, -0.15) is 8.75 Å². The smallest absolute Gasteiger partial charge is 0.275 e. The minimum Gasteiger partial charge on any atom is -0.334 e. The Kier molecular flexibility index (Phi) is 3.33. The Balaban J connectivity index is 1.77. The highest BCUT2D eigenvalue weighted by Crippen LogP contribution is 2.38. The van der Waals surface area contributed by atoms with Crippen LogP contribution in [0.4, 0.5) is 0 Å². The first-order valence-corrected chi connectivity index (χ1v) is 7.57. The third-order valence-corrected chi connectivity index (χ3v) is 4.90. The van der Waals surface area contributed by atoms with Crippen molar-refractivity contribution in [3.63, 3.8) is 0 Å². The SMILES string of the molecule is C[C@@H]1CC[C@@H]2[C@@H](CCCN2C(=O)c2cnsn2)C1. The summed E-state index contributed by atoms with van der Waals surface area (Å²) in [5.74, 6) is 1.62. The lowest BCUT2D eigenvalue weighted by molar-refractivity contribution is 0.0318. The molecule has 4 nitrogen and oxygen atoms in total. The first kappa shape index (κ1) is 12.1. The van der Waals surface area contributed by atoms with Gasteiger partial charge in [0.15, 0.2) is 5.69 Å². The van der Waals surface area contributed by atoms with Crippen molar-refractivity contribution in [1.29, 1.82) is 0 Å². The number of nitrogens with zero attached hydrogens (tertiary/aromatic N) is 3. The minimum atomic E-state index is 0.0907. The van der Waals surface area contributed by atoms with Crippen molar-refractivity contribution in [2.24, 2.45) is 11.8 Å². The zero-order chi connectivity index (χ0) is 12.5. The fourth-order valence-corrected chi connectivity index (χ4v) is 3.96. The summed E-state index contributed by atoms with van der Waals surface area (Å²) in [6.07, 6.45) is 7.71. The van der Waals surface area contributed by atoms with Crippen molar-refractivity contribution in [1.82, 2.24) is 13.6 Å². The van der Waals surface area contributed by atoms with Crippen LogP contribution in [0, 0.1) is 11.8 Å². The van der Waals surface area contributed by atoms with Gasteiger partial charge in [-0.15, -0.1) is 0 Å². The Morgan fingerprint density at radius 3 is 3.11 bits per heavy atom. The molecule has 1 aromatic rings. The number of likely N-dealkylation sites (tertiary alicyclic amines) is 1. The van der Waals surface area contributed by atoms with Crippen molar-refractivity contribution in [2.75, 3.05) is 6.54 Å². The average Bonchev–Trinajstić information content (AvgIpc) is 2.90. The first-order chi connectivity index (χ1) is 8.75. The van der Waals surface area contributed by atoms with E-state index in [1.165, 1.54) is 19.3 Å². The maximum atomic E-state index is 12.4. The van der Waals surface area contributed by atoms with Crippen LogP contribution >= 0.6 is 11.7 Å². The van der Waals surface area contributed by atoms with Crippen LogP contribution in [0.5, 0.6) is 0 Å². The molecule has 98 valence electrons. The van der Waals surface area contributed by atoms with E-state index < -0.39 is 0 Å². The predicted octanol–water partition coefficient (Wildman–Crippen LogP) is 2.58. The standard InChI is InChI=1S/C13H19N3OS/c1-9-4-5-12-10(7-9)3-2-6-16(12)13(17)11-8-14-18-15-11/h8-10,12H,2-7H2,1H3/t9-,10+,12-/m1/s1. The monoisotopic (exact) mass is 265 g/mol. The molecule has 1 aromatic heterocycles. The van der Waals surface area contributed by atoms with Gasteiger partial charge in [0, 0.05) is 12.6 Å². The normalized spacial score (nSPS) is 32.1. The van der Waals surface area contributed by atoms with Crippen LogP contribution in [-0.2, 0) is 0 Å². The van der Waals surface area contributed by atoms with Crippen molar-refractivity contribution >= 4 is 17.6 Å². The lowest BCUT2D eigenvalue weighted by atomic mass is 9.74. The largest absolute Gasteiger partial charge is 0.334 e. The van der Waals surface area contributed by atoms with E-state index >= 15 is 0 Å². The van der Waals surface area contributed by atoms with Gasteiger partial charge in [-0.25, -0.2) is 0 Å². The van der Waals surface area contributed by atoms with Crippen molar-refractivity contribution < 1.29 is 4.79 Å². The van der Waals surface area contributed by atoms with Crippen LogP contribution in [0.2, 0.25) is 0 Å². The van der Waals surface area contributed by atoms with Crippen molar-refractivity contribution in [3.05, 3.63) is 11.9 Å². The molecule has 18 heavy (non-hydrogen) atoms. The lowest BCUT2D eigenvalue weighted by Gasteiger charge is -2.45. The second-order valence-electron chi connectivity index (χ2n) is 5.68. The molecule has 1 saturated carbocycles. The number of hydrogen-bond donors (Lipinski definition) is 0. The van der Waals surface area contributed by atoms with E-state index in [1.54, 1.807) is 6.20 Å². The van der Waals surface area contributed by atoms with Gasteiger partial charge in [-0.05, 0) is 43.9 Å². The highest BCUT2D eigenvalue weighted by Gasteiger charge is 2.38. The van der Waals surface area contributed by atoms with Crippen LogP contribution in [0.25, 0.3) is 0 Å². The Labute approximate surface area is 112 Å². The lowest BCUT2D eigenvalue weighted by Crippen LogP contribution is -2.50. The number of hydrogen-bond acceptors (Lipinski definition) is 4. The Morgan fingerprint density at radius 1 is 1.44 bits per heavy atom. The summed E-state index contributed by atoms with van der Waals surface area (Å²) in [7, 11) is 0. The molecule has 1 aliphatic carbocycles. The molecular formula is C13H19N3OS. The molecule has 2 fully saturated rings. The highest BCUT2D eigenvalue weighted by molar-refractivity contribution is 6.99. The van der Waals surface area contributed by atoms with Crippen LogP contribution in [0.3, 0.4) is 0 Å². The second-order valence-corrected chi connectivity index (χ2v) is 6.24. The fraction of sp³-hybridized carbons (Fsp3) is 0.769. The fourth-order valence-electron chi connectivity index (χ4n) is 3.55. The summed E-state index contributed by atoms with van der Waals surface area (Å²) in [5, 5.41) is 0. The van der Waals surface area contributed by atoms with Gasteiger partial charge in [-0.3, -0.25) is 4.79 Å². The van der Waals surface area contributed by atoms with Gasteiger partial charge < -0.3 is 4.90 Å². The second kappa shape index (κ2) is 4.96. The zero-order valence-electron chi connectivity index (χ0n) is 10.7. The van der Waals surface area contributed by atoms with E-state index in [9.17, 15) is 4.79 Å². The Bertz CT molecular complexity index is 420. The summed E-state index contributed by atoms with van der Waals surface area (Å²) in [5.41, 5.74) is 0.527. The van der Waals surface area contributed by atoms with Gasteiger partial charge in [0.1, 0.15) is 0 Å². The summed E-state index contributed by atoms with van der Waals surface area (Å²) < 4.78 is 8.02. The maximum absolute atomic E-state index is 12.4. The van der Waals surface area contributed by atoms with E-state index in [1.807, 2.05) is 0 Å². The molecule has 3 rings (SSSR count).